The van der Waals surface area contributed by atoms with Crippen molar-refractivity contribution >= 4 is 35.4 Å². The van der Waals surface area contributed by atoms with Gasteiger partial charge in [-0.05, 0) is 50.2 Å². The molecule has 188 valence electrons. The van der Waals surface area contributed by atoms with Crippen molar-refractivity contribution in [2.24, 2.45) is 0 Å². The lowest BCUT2D eigenvalue weighted by Gasteiger charge is -2.19. The van der Waals surface area contributed by atoms with E-state index in [1.807, 2.05) is 0 Å². The summed E-state index contributed by atoms with van der Waals surface area (Å²) in [4.78, 5) is 72.9. The largest absolute Gasteiger partial charge is 0.466 e. The van der Waals surface area contributed by atoms with Crippen LogP contribution in [0, 0.1) is 0 Å². The summed E-state index contributed by atoms with van der Waals surface area (Å²) in [5.74, 6) is -3.26. The second kappa shape index (κ2) is 11.9. The fourth-order valence-electron chi connectivity index (χ4n) is 3.48. The maximum atomic E-state index is 13.0. The van der Waals surface area contributed by atoms with Crippen molar-refractivity contribution in [3.63, 3.8) is 0 Å². The molecule has 0 amide bonds. The lowest BCUT2D eigenvalue weighted by atomic mass is 9.84. The van der Waals surface area contributed by atoms with E-state index in [9.17, 15) is 28.8 Å². The van der Waals surface area contributed by atoms with Crippen LogP contribution in [0.4, 0.5) is 0 Å². The van der Waals surface area contributed by atoms with E-state index in [1.165, 1.54) is 36.4 Å². The van der Waals surface area contributed by atoms with Crippen LogP contribution in [0.15, 0.2) is 36.4 Å². The van der Waals surface area contributed by atoms with Crippen molar-refractivity contribution in [1.82, 2.24) is 0 Å². The molecule has 0 heterocycles. The number of ketones is 2. The van der Waals surface area contributed by atoms with Crippen LogP contribution in [0.1, 0.15) is 71.4 Å². The highest BCUT2D eigenvalue weighted by Crippen LogP contribution is 2.32. The fraction of sp³-hybridized carbons (Fsp3) is 0.308. The van der Waals surface area contributed by atoms with E-state index in [1.54, 1.807) is 13.8 Å². The molecule has 1 aliphatic rings. The lowest BCUT2D eigenvalue weighted by molar-refractivity contribution is -0.146. The van der Waals surface area contributed by atoms with Gasteiger partial charge in [0.15, 0.2) is 11.6 Å². The third kappa shape index (κ3) is 6.41. The summed E-state index contributed by atoms with van der Waals surface area (Å²) in [6, 6.07) is 8.07. The Bertz CT molecular complexity index is 1130. The predicted octanol–water partition coefficient (Wildman–Crippen LogP) is 2.96. The van der Waals surface area contributed by atoms with Crippen molar-refractivity contribution in [3.8, 4) is 11.5 Å². The quantitative estimate of drug-likeness (QED) is 0.304. The first-order valence-electron chi connectivity index (χ1n) is 11.3. The van der Waals surface area contributed by atoms with Crippen molar-refractivity contribution in [1.29, 1.82) is 0 Å². The molecule has 0 bridgehead atoms. The van der Waals surface area contributed by atoms with Crippen LogP contribution in [0.3, 0.4) is 0 Å². The van der Waals surface area contributed by atoms with Crippen molar-refractivity contribution in [2.45, 2.75) is 39.5 Å². The summed E-state index contributed by atoms with van der Waals surface area (Å²) >= 11 is 0. The highest BCUT2D eigenvalue weighted by atomic mass is 16.5. The van der Waals surface area contributed by atoms with Gasteiger partial charge >= 0.3 is 23.9 Å². The lowest BCUT2D eigenvalue weighted by Crippen LogP contribution is -2.21. The number of fused-ring (bicyclic) bond motifs is 2. The van der Waals surface area contributed by atoms with E-state index in [-0.39, 0.29) is 72.6 Å². The van der Waals surface area contributed by atoms with E-state index >= 15 is 0 Å². The van der Waals surface area contributed by atoms with Gasteiger partial charge in [-0.15, -0.1) is 0 Å². The van der Waals surface area contributed by atoms with Gasteiger partial charge in [-0.1, -0.05) is 0 Å². The van der Waals surface area contributed by atoms with Crippen LogP contribution in [-0.4, -0.2) is 48.7 Å². The Hall–Kier alpha value is -4.34. The van der Waals surface area contributed by atoms with E-state index in [0.29, 0.717) is 0 Å². The Morgan fingerprint density at radius 1 is 0.556 bits per heavy atom. The molecule has 0 atom stereocenters. The summed E-state index contributed by atoms with van der Waals surface area (Å²) in [6.45, 7) is 3.72. The van der Waals surface area contributed by atoms with Crippen LogP contribution in [0.2, 0.25) is 0 Å². The van der Waals surface area contributed by atoms with Gasteiger partial charge in [-0.25, -0.2) is 0 Å². The van der Waals surface area contributed by atoms with Crippen molar-refractivity contribution in [3.05, 3.63) is 58.7 Å². The molecule has 3 rings (SSSR count). The SMILES string of the molecule is CCOC(=O)CCC(=O)Oc1ccc2c(c1)C(=O)c1ccc(OC(=O)CCC(=O)OCC)cc1C2=O. The zero-order valence-corrected chi connectivity index (χ0v) is 19.8. The molecule has 2 aromatic rings. The standard InChI is InChI=1S/C26H24O10/c1-3-33-21(27)9-11-23(29)35-15-5-7-17-19(13-15)25(31)18-8-6-16(14-20(18)26(17)32)36-24(30)12-10-22(28)34-4-2/h5-8,13-14H,3-4,9-12H2,1-2H3. The minimum atomic E-state index is -0.688. The van der Waals surface area contributed by atoms with Gasteiger partial charge in [-0.3, -0.25) is 28.8 Å². The molecule has 0 saturated heterocycles. The molecule has 1 aliphatic carbocycles. The van der Waals surface area contributed by atoms with Gasteiger partial charge in [0.05, 0.1) is 38.9 Å². The molecule has 0 unspecified atom stereocenters. The average Bonchev–Trinajstić information content (AvgIpc) is 2.85. The average molecular weight is 496 g/mol. The van der Waals surface area contributed by atoms with Crippen LogP contribution >= 0.6 is 0 Å². The van der Waals surface area contributed by atoms with Crippen molar-refractivity contribution in [2.75, 3.05) is 13.2 Å². The molecule has 10 heteroatoms. The van der Waals surface area contributed by atoms with Crippen molar-refractivity contribution < 1.29 is 47.7 Å². The number of esters is 4. The number of carbonyl (C=O) groups is 6. The number of hydrogen-bond donors (Lipinski definition) is 0. The van der Waals surface area contributed by atoms with Crippen LogP contribution < -0.4 is 9.47 Å². The zero-order chi connectivity index (χ0) is 26.2. The molecule has 2 aromatic carbocycles. The van der Waals surface area contributed by atoms with Gasteiger partial charge in [-0.2, -0.15) is 0 Å². The van der Waals surface area contributed by atoms with E-state index in [2.05, 4.69) is 0 Å². The summed E-state index contributed by atoms with van der Waals surface area (Å²) in [6.07, 6.45) is -0.684. The second-order valence-corrected chi connectivity index (χ2v) is 7.63. The first-order chi connectivity index (χ1) is 17.2. The topological polar surface area (TPSA) is 139 Å². The molecule has 10 nitrogen and oxygen atoms in total. The van der Waals surface area contributed by atoms with E-state index in [4.69, 9.17) is 18.9 Å². The third-order valence-electron chi connectivity index (χ3n) is 5.10. The molecular weight excluding hydrogens is 472 g/mol. The normalized spacial score (nSPS) is 11.7. The highest BCUT2D eigenvalue weighted by Gasteiger charge is 2.31. The Morgan fingerprint density at radius 3 is 1.28 bits per heavy atom. The summed E-state index contributed by atoms with van der Waals surface area (Å²) in [5.41, 5.74) is 0.318. The fourth-order valence-corrected chi connectivity index (χ4v) is 3.48. The van der Waals surface area contributed by atoms with Gasteiger partial charge in [0.1, 0.15) is 11.5 Å². The molecule has 0 saturated carbocycles. The van der Waals surface area contributed by atoms with Gasteiger partial charge in [0, 0.05) is 22.3 Å². The third-order valence-corrected chi connectivity index (χ3v) is 5.10. The van der Waals surface area contributed by atoms with Crippen LogP contribution in [-0.2, 0) is 28.7 Å². The van der Waals surface area contributed by atoms with E-state index in [0.717, 1.165) is 0 Å². The zero-order valence-electron chi connectivity index (χ0n) is 19.8. The van der Waals surface area contributed by atoms with Gasteiger partial charge in [0.25, 0.3) is 0 Å². The van der Waals surface area contributed by atoms with E-state index < -0.39 is 35.4 Å². The smallest absolute Gasteiger partial charge is 0.311 e. The number of ether oxygens (including phenoxy) is 4. The van der Waals surface area contributed by atoms with Gasteiger partial charge < -0.3 is 18.9 Å². The number of rotatable bonds is 10. The minimum Gasteiger partial charge on any atom is -0.466 e. The Kier molecular flexibility index (Phi) is 8.66. The number of carbonyl (C=O) groups excluding carboxylic acids is 6. The number of hydrogen-bond acceptors (Lipinski definition) is 10. The molecule has 0 aromatic heterocycles. The molecule has 0 spiro atoms. The van der Waals surface area contributed by atoms with Gasteiger partial charge in [0.2, 0.25) is 0 Å². The summed E-state index contributed by atoms with van der Waals surface area (Å²) < 4.78 is 19.9. The summed E-state index contributed by atoms with van der Waals surface area (Å²) in [5, 5.41) is 0. The molecule has 36 heavy (non-hydrogen) atoms. The maximum Gasteiger partial charge on any atom is 0.311 e. The Balaban J connectivity index is 1.70. The Morgan fingerprint density at radius 2 is 0.917 bits per heavy atom. The first kappa shape index (κ1) is 26.3. The Labute approximate surface area is 206 Å². The minimum absolute atomic E-state index is 0.0550. The molecule has 0 fully saturated rings. The molecule has 0 radical (unpaired) electrons. The first-order valence-corrected chi connectivity index (χ1v) is 11.3. The molecular formula is C26H24O10. The monoisotopic (exact) mass is 496 g/mol. The molecule has 0 N–H and O–H groups in total. The number of benzene rings is 2. The summed E-state index contributed by atoms with van der Waals surface area (Å²) in [7, 11) is 0. The second-order valence-electron chi connectivity index (χ2n) is 7.63. The maximum absolute atomic E-state index is 13.0. The van der Waals surface area contributed by atoms with Crippen LogP contribution in [0.25, 0.3) is 0 Å². The molecule has 0 aliphatic heterocycles. The highest BCUT2D eigenvalue weighted by molar-refractivity contribution is 6.28. The predicted molar refractivity (Wildman–Crippen MR) is 123 cm³/mol. The van der Waals surface area contributed by atoms with Crippen LogP contribution in [0.5, 0.6) is 11.5 Å².